The van der Waals surface area contributed by atoms with E-state index in [-0.39, 0.29) is 25.1 Å². The van der Waals surface area contributed by atoms with Gasteiger partial charge in [-0.05, 0) is 13.3 Å². The van der Waals surface area contributed by atoms with Crippen LogP contribution < -0.4 is 0 Å². The molecule has 0 saturated carbocycles. The van der Waals surface area contributed by atoms with E-state index in [0.29, 0.717) is 0 Å². The fourth-order valence-corrected chi connectivity index (χ4v) is 1.25. The molecule has 0 aromatic rings. The summed E-state index contributed by atoms with van der Waals surface area (Å²) in [6, 6.07) is 0. The minimum absolute atomic E-state index is 0.0169. The van der Waals surface area contributed by atoms with E-state index >= 15 is 0 Å². The van der Waals surface area contributed by atoms with Crippen LogP contribution in [0.5, 0.6) is 0 Å². The molecule has 0 bridgehead atoms. The second kappa shape index (κ2) is 4.60. The number of hydrogen-bond acceptors (Lipinski definition) is 3. The number of allylic oxidation sites excluding steroid dienone is 1. The molecular formula is C9H16O3. The van der Waals surface area contributed by atoms with Gasteiger partial charge in [-0.2, -0.15) is 0 Å². The Morgan fingerprint density at radius 2 is 2.17 bits per heavy atom. The van der Waals surface area contributed by atoms with Gasteiger partial charge in [0.05, 0.1) is 6.61 Å². The van der Waals surface area contributed by atoms with Crippen LogP contribution in [0, 0.1) is 0 Å². The van der Waals surface area contributed by atoms with Gasteiger partial charge < -0.3 is 14.6 Å². The van der Waals surface area contributed by atoms with Crippen LogP contribution in [0.25, 0.3) is 0 Å². The topological polar surface area (TPSA) is 38.7 Å². The molecule has 3 nitrogen and oxygen atoms in total. The molecule has 12 heavy (non-hydrogen) atoms. The summed E-state index contributed by atoms with van der Waals surface area (Å²) >= 11 is 0. The van der Waals surface area contributed by atoms with E-state index in [0.717, 1.165) is 6.42 Å². The molecule has 3 heteroatoms. The van der Waals surface area contributed by atoms with E-state index < -0.39 is 0 Å². The zero-order valence-electron chi connectivity index (χ0n) is 7.56. The average Bonchev–Trinajstić information content (AvgIpc) is 2.42. The Bertz CT molecular complexity index is 156. The SMILES string of the molecule is CC/C=C\[C@@H]1OC(C)O[C@@H]1CO. The lowest BCUT2D eigenvalue weighted by molar-refractivity contribution is -0.0535. The standard InChI is InChI=1S/C9H16O3/c1-3-4-5-8-9(6-10)12-7(2)11-8/h4-5,7-10H,3,6H2,1-2H3/b5-4-/t7?,8-,9+/m0/s1. The van der Waals surface area contributed by atoms with Crippen LogP contribution in [0.2, 0.25) is 0 Å². The third-order valence-corrected chi connectivity index (χ3v) is 1.82. The maximum atomic E-state index is 8.91. The summed E-state index contributed by atoms with van der Waals surface area (Å²) in [4.78, 5) is 0. The minimum atomic E-state index is -0.200. The van der Waals surface area contributed by atoms with E-state index in [1.807, 2.05) is 19.1 Å². The van der Waals surface area contributed by atoms with Gasteiger partial charge in [0.1, 0.15) is 12.2 Å². The van der Waals surface area contributed by atoms with Crippen LogP contribution in [0.3, 0.4) is 0 Å². The number of aliphatic hydroxyl groups is 1. The van der Waals surface area contributed by atoms with Crippen molar-refractivity contribution in [1.29, 1.82) is 0 Å². The van der Waals surface area contributed by atoms with Crippen LogP contribution in [0.1, 0.15) is 20.3 Å². The van der Waals surface area contributed by atoms with Crippen molar-refractivity contribution in [3.8, 4) is 0 Å². The lowest BCUT2D eigenvalue weighted by Gasteiger charge is -2.08. The van der Waals surface area contributed by atoms with Crippen molar-refractivity contribution in [2.75, 3.05) is 6.61 Å². The van der Waals surface area contributed by atoms with E-state index in [2.05, 4.69) is 6.92 Å². The first kappa shape index (κ1) is 9.71. The molecule has 1 heterocycles. The average molecular weight is 172 g/mol. The van der Waals surface area contributed by atoms with E-state index in [9.17, 15) is 0 Å². The fourth-order valence-electron chi connectivity index (χ4n) is 1.25. The Balaban J connectivity index is 2.45. The highest BCUT2D eigenvalue weighted by atomic mass is 16.7. The van der Waals surface area contributed by atoms with E-state index in [1.165, 1.54) is 0 Å². The molecule has 70 valence electrons. The summed E-state index contributed by atoms with van der Waals surface area (Å²) in [7, 11) is 0. The molecule has 0 amide bonds. The third kappa shape index (κ3) is 2.30. The van der Waals surface area contributed by atoms with Crippen molar-refractivity contribution in [3.05, 3.63) is 12.2 Å². The maximum absolute atomic E-state index is 8.91. The van der Waals surface area contributed by atoms with E-state index in [1.54, 1.807) is 0 Å². The first-order chi connectivity index (χ1) is 5.77. The molecule has 1 unspecified atom stereocenters. The minimum Gasteiger partial charge on any atom is -0.394 e. The number of ether oxygens (including phenoxy) is 2. The van der Waals surface area contributed by atoms with Gasteiger partial charge in [0.25, 0.3) is 0 Å². The molecule has 1 aliphatic rings. The summed E-state index contributed by atoms with van der Waals surface area (Å²) in [5, 5.41) is 8.91. The quantitative estimate of drug-likeness (QED) is 0.647. The second-order valence-corrected chi connectivity index (χ2v) is 2.86. The van der Waals surface area contributed by atoms with Gasteiger partial charge in [-0.3, -0.25) is 0 Å². The molecule has 1 aliphatic heterocycles. The van der Waals surface area contributed by atoms with Crippen LogP contribution in [-0.2, 0) is 9.47 Å². The molecule has 1 fully saturated rings. The van der Waals surface area contributed by atoms with E-state index in [4.69, 9.17) is 14.6 Å². The first-order valence-corrected chi connectivity index (χ1v) is 4.36. The Hall–Kier alpha value is -0.380. The zero-order chi connectivity index (χ0) is 8.97. The second-order valence-electron chi connectivity index (χ2n) is 2.86. The summed E-state index contributed by atoms with van der Waals surface area (Å²) in [5.74, 6) is 0. The van der Waals surface area contributed by atoms with Crippen molar-refractivity contribution >= 4 is 0 Å². The highest BCUT2D eigenvalue weighted by Crippen LogP contribution is 2.19. The Morgan fingerprint density at radius 1 is 1.42 bits per heavy atom. The lowest BCUT2D eigenvalue weighted by atomic mass is 10.2. The van der Waals surface area contributed by atoms with Gasteiger partial charge in [0.2, 0.25) is 0 Å². The summed E-state index contributed by atoms with van der Waals surface area (Å²) in [5.41, 5.74) is 0. The summed E-state index contributed by atoms with van der Waals surface area (Å²) in [6.07, 6.45) is 4.48. The van der Waals surface area contributed by atoms with Crippen LogP contribution in [0.15, 0.2) is 12.2 Å². The van der Waals surface area contributed by atoms with Crippen LogP contribution in [0.4, 0.5) is 0 Å². The van der Waals surface area contributed by atoms with Crippen molar-refractivity contribution < 1.29 is 14.6 Å². The zero-order valence-corrected chi connectivity index (χ0v) is 7.56. The third-order valence-electron chi connectivity index (χ3n) is 1.82. The molecule has 0 aromatic heterocycles. The molecule has 0 radical (unpaired) electrons. The lowest BCUT2D eigenvalue weighted by Crippen LogP contribution is -2.24. The smallest absolute Gasteiger partial charge is 0.156 e. The molecule has 0 spiro atoms. The predicted octanol–water partition coefficient (Wildman–Crippen LogP) is 1.07. The van der Waals surface area contributed by atoms with Crippen molar-refractivity contribution in [3.63, 3.8) is 0 Å². The number of hydrogen-bond donors (Lipinski definition) is 1. The van der Waals surface area contributed by atoms with Gasteiger partial charge in [-0.1, -0.05) is 19.1 Å². The van der Waals surface area contributed by atoms with Gasteiger partial charge in [0, 0.05) is 0 Å². The number of aliphatic hydroxyl groups excluding tert-OH is 1. The normalized spacial score (nSPS) is 36.4. The molecular weight excluding hydrogens is 156 g/mol. The number of rotatable bonds is 3. The highest BCUT2D eigenvalue weighted by molar-refractivity contribution is 4.95. The molecule has 1 saturated heterocycles. The molecule has 0 aromatic carbocycles. The van der Waals surface area contributed by atoms with Crippen molar-refractivity contribution in [2.24, 2.45) is 0 Å². The fraction of sp³-hybridized carbons (Fsp3) is 0.778. The monoisotopic (exact) mass is 172 g/mol. The molecule has 0 aliphatic carbocycles. The Kier molecular flexibility index (Phi) is 3.72. The predicted molar refractivity (Wildman–Crippen MR) is 45.7 cm³/mol. The van der Waals surface area contributed by atoms with Crippen LogP contribution >= 0.6 is 0 Å². The molecule has 1 N–H and O–H groups in total. The Labute approximate surface area is 73.0 Å². The summed E-state index contributed by atoms with van der Waals surface area (Å²) < 4.78 is 10.7. The maximum Gasteiger partial charge on any atom is 0.156 e. The van der Waals surface area contributed by atoms with Gasteiger partial charge in [-0.25, -0.2) is 0 Å². The Morgan fingerprint density at radius 3 is 2.75 bits per heavy atom. The molecule has 1 rings (SSSR count). The molecule has 3 atom stereocenters. The first-order valence-electron chi connectivity index (χ1n) is 4.36. The summed E-state index contributed by atoms with van der Waals surface area (Å²) in [6.45, 7) is 3.91. The van der Waals surface area contributed by atoms with Crippen molar-refractivity contribution in [1.82, 2.24) is 0 Å². The van der Waals surface area contributed by atoms with Gasteiger partial charge in [-0.15, -0.1) is 0 Å². The van der Waals surface area contributed by atoms with Gasteiger partial charge in [0.15, 0.2) is 6.29 Å². The van der Waals surface area contributed by atoms with Crippen LogP contribution in [-0.4, -0.2) is 30.2 Å². The highest BCUT2D eigenvalue weighted by Gasteiger charge is 2.30. The largest absolute Gasteiger partial charge is 0.394 e. The van der Waals surface area contributed by atoms with Gasteiger partial charge >= 0.3 is 0 Å². The van der Waals surface area contributed by atoms with Crippen molar-refractivity contribution in [2.45, 2.75) is 38.8 Å².